The first-order chi connectivity index (χ1) is 12.4. The summed E-state index contributed by atoms with van der Waals surface area (Å²) in [6, 6.07) is 7.92. The maximum Gasteiger partial charge on any atom is 0.317 e. The number of likely N-dealkylation sites (tertiary alicyclic amines) is 1. The van der Waals surface area contributed by atoms with Crippen LogP contribution in [0.15, 0.2) is 29.2 Å². The molecular formula is C19H29N3O3S. The van der Waals surface area contributed by atoms with E-state index in [-0.39, 0.29) is 24.5 Å². The second-order valence-corrected chi connectivity index (χ2v) is 7.50. The Kier molecular flexibility index (Phi) is 7.93. The van der Waals surface area contributed by atoms with Crippen LogP contribution in [0, 0.1) is 0 Å². The van der Waals surface area contributed by atoms with Crippen molar-refractivity contribution in [1.29, 1.82) is 0 Å². The molecule has 6 nitrogen and oxygen atoms in total. The van der Waals surface area contributed by atoms with Crippen molar-refractivity contribution in [2.24, 2.45) is 0 Å². The van der Waals surface area contributed by atoms with Gasteiger partial charge in [-0.2, -0.15) is 0 Å². The fourth-order valence-electron chi connectivity index (χ4n) is 3.40. The molecule has 2 N–H and O–H groups in total. The third kappa shape index (κ3) is 5.72. The second-order valence-electron chi connectivity index (χ2n) is 6.62. The van der Waals surface area contributed by atoms with Gasteiger partial charge in [-0.1, -0.05) is 6.92 Å². The van der Waals surface area contributed by atoms with Crippen molar-refractivity contribution in [3.05, 3.63) is 24.3 Å². The van der Waals surface area contributed by atoms with Gasteiger partial charge in [-0.25, -0.2) is 0 Å². The SMILES string of the molecule is CCN(CC(=O)O)C1CCN(C(C)C(=O)Nc2ccc(SC)cc2)CC1. The molecule has 144 valence electrons. The van der Waals surface area contributed by atoms with E-state index in [4.69, 9.17) is 5.11 Å². The van der Waals surface area contributed by atoms with Crippen LogP contribution in [0.3, 0.4) is 0 Å². The maximum atomic E-state index is 12.5. The van der Waals surface area contributed by atoms with Crippen LogP contribution in [0.5, 0.6) is 0 Å². The van der Waals surface area contributed by atoms with Gasteiger partial charge in [-0.05, 0) is 56.8 Å². The Morgan fingerprint density at radius 3 is 2.42 bits per heavy atom. The maximum absolute atomic E-state index is 12.5. The molecular weight excluding hydrogens is 350 g/mol. The van der Waals surface area contributed by atoms with E-state index in [1.54, 1.807) is 11.8 Å². The highest BCUT2D eigenvalue weighted by atomic mass is 32.2. The number of thioether (sulfide) groups is 1. The average Bonchev–Trinajstić information content (AvgIpc) is 2.66. The van der Waals surface area contributed by atoms with Gasteiger partial charge >= 0.3 is 5.97 Å². The van der Waals surface area contributed by atoms with Crippen LogP contribution in [0.4, 0.5) is 5.69 Å². The molecule has 1 amide bonds. The first-order valence-corrected chi connectivity index (χ1v) is 10.3. The number of likely N-dealkylation sites (N-methyl/N-ethyl adjacent to an activating group) is 1. The van der Waals surface area contributed by atoms with E-state index < -0.39 is 5.97 Å². The van der Waals surface area contributed by atoms with Gasteiger partial charge in [-0.15, -0.1) is 11.8 Å². The van der Waals surface area contributed by atoms with E-state index in [0.717, 1.165) is 38.2 Å². The van der Waals surface area contributed by atoms with Crippen LogP contribution in [0.1, 0.15) is 26.7 Å². The van der Waals surface area contributed by atoms with Crippen molar-refractivity contribution >= 4 is 29.3 Å². The fraction of sp³-hybridized carbons (Fsp3) is 0.579. The first-order valence-electron chi connectivity index (χ1n) is 9.09. The Labute approximate surface area is 159 Å². The van der Waals surface area contributed by atoms with E-state index in [2.05, 4.69) is 10.2 Å². The number of anilines is 1. The molecule has 0 saturated carbocycles. The molecule has 1 aliphatic rings. The number of carbonyl (C=O) groups is 2. The topological polar surface area (TPSA) is 72.9 Å². The van der Waals surface area contributed by atoms with Crippen molar-refractivity contribution < 1.29 is 14.7 Å². The molecule has 1 unspecified atom stereocenters. The highest BCUT2D eigenvalue weighted by Gasteiger charge is 2.29. The quantitative estimate of drug-likeness (QED) is 0.677. The third-order valence-corrected chi connectivity index (χ3v) is 5.79. The van der Waals surface area contributed by atoms with E-state index in [9.17, 15) is 9.59 Å². The van der Waals surface area contributed by atoms with Gasteiger partial charge in [-0.3, -0.25) is 19.4 Å². The largest absolute Gasteiger partial charge is 0.480 e. The average molecular weight is 380 g/mol. The van der Waals surface area contributed by atoms with Crippen LogP contribution < -0.4 is 5.32 Å². The minimum absolute atomic E-state index is 0.00163. The Hall–Kier alpha value is -1.57. The number of hydrogen-bond acceptors (Lipinski definition) is 5. The summed E-state index contributed by atoms with van der Waals surface area (Å²) in [5.74, 6) is -0.784. The molecule has 0 aromatic heterocycles. The monoisotopic (exact) mass is 379 g/mol. The Morgan fingerprint density at radius 1 is 1.31 bits per heavy atom. The molecule has 7 heteroatoms. The van der Waals surface area contributed by atoms with Gasteiger partial charge in [0.05, 0.1) is 12.6 Å². The summed E-state index contributed by atoms with van der Waals surface area (Å²) in [5, 5.41) is 12.0. The molecule has 0 aliphatic carbocycles. The van der Waals surface area contributed by atoms with Gasteiger partial charge < -0.3 is 10.4 Å². The summed E-state index contributed by atoms with van der Waals surface area (Å²) in [7, 11) is 0. The number of nitrogens with one attached hydrogen (secondary N) is 1. The second kappa shape index (κ2) is 9.94. The Bertz CT molecular complexity index is 601. The number of benzene rings is 1. The van der Waals surface area contributed by atoms with E-state index in [0.29, 0.717) is 0 Å². The molecule has 0 radical (unpaired) electrons. The minimum Gasteiger partial charge on any atom is -0.480 e. The molecule has 2 rings (SSSR count). The first kappa shape index (κ1) is 20.7. The molecule has 0 bridgehead atoms. The minimum atomic E-state index is -0.783. The van der Waals surface area contributed by atoms with Crippen LogP contribution in [0.25, 0.3) is 0 Å². The molecule has 1 aromatic carbocycles. The predicted octanol–water partition coefficient (Wildman–Crippen LogP) is 2.61. The van der Waals surface area contributed by atoms with Crippen LogP contribution >= 0.6 is 11.8 Å². The molecule has 26 heavy (non-hydrogen) atoms. The smallest absolute Gasteiger partial charge is 0.317 e. The highest BCUT2D eigenvalue weighted by molar-refractivity contribution is 7.98. The number of carboxylic acid groups (broad SMARTS) is 1. The highest BCUT2D eigenvalue weighted by Crippen LogP contribution is 2.20. The summed E-state index contributed by atoms with van der Waals surface area (Å²) >= 11 is 1.67. The molecule has 1 fully saturated rings. The number of rotatable bonds is 8. The number of carbonyl (C=O) groups excluding carboxylic acids is 1. The lowest BCUT2D eigenvalue weighted by Gasteiger charge is -2.39. The van der Waals surface area contributed by atoms with Crippen molar-refractivity contribution in [1.82, 2.24) is 9.80 Å². The van der Waals surface area contributed by atoms with Gasteiger partial charge in [0.15, 0.2) is 0 Å². The Balaban J connectivity index is 1.85. The fourth-order valence-corrected chi connectivity index (χ4v) is 3.81. The predicted molar refractivity (Wildman–Crippen MR) is 106 cm³/mol. The zero-order valence-electron chi connectivity index (χ0n) is 15.8. The standard InChI is InChI=1S/C19H29N3O3S/c1-4-21(13-18(23)24)16-9-11-22(12-10-16)14(2)19(25)20-15-5-7-17(26-3)8-6-15/h5-8,14,16H,4,9-13H2,1-3H3,(H,20,25)(H,23,24). The number of aliphatic carboxylic acids is 1. The summed E-state index contributed by atoms with van der Waals surface area (Å²) in [5.41, 5.74) is 0.813. The van der Waals surface area contributed by atoms with Gasteiger partial charge in [0.25, 0.3) is 0 Å². The third-order valence-electron chi connectivity index (χ3n) is 5.04. The molecule has 1 aliphatic heterocycles. The molecule has 0 spiro atoms. The lowest BCUT2D eigenvalue weighted by atomic mass is 10.0. The van der Waals surface area contributed by atoms with E-state index >= 15 is 0 Å². The number of nitrogens with zero attached hydrogens (tertiary/aromatic N) is 2. The van der Waals surface area contributed by atoms with Crippen LogP contribution in [-0.4, -0.2) is 71.3 Å². The normalized spacial score (nSPS) is 17.2. The summed E-state index contributed by atoms with van der Waals surface area (Å²) in [4.78, 5) is 28.9. The van der Waals surface area contributed by atoms with Crippen LogP contribution in [0.2, 0.25) is 0 Å². The van der Waals surface area contributed by atoms with Crippen molar-refractivity contribution in [2.45, 2.75) is 43.7 Å². The summed E-state index contributed by atoms with van der Waals surface area (Å²) in [6.07, 6.45) is 3.80. The molecule has 1 saturated heterocycles. The van der Waals surface area contributed by atoms with Gasteiger partial charge in [0.1, 0.15) is 0 Å². The molecule has 1 aromatic rings. The molecule has 1 atom stereocenters. The zero-order chi connectivity index (χ0) is 19.1. The van der Waals surface area contributed by atoms with E-state index in [1.165, 1.54) is 4.90 Å². The van der Waals surface area contributed by atoms with Crippen molar-refractivity contribution in [2.75, 3.05) is 37.8 Å². The lowest BCUT2D eigenvalue weighted by molar-refractivity contribution is -0.139. The molecule has 1 heterocycles. The van der Waals surface area contributed by atoms with Gasteiger partial charge in [0, 0.05) is 29.7 Å². The lowest BCUT2D eigenvalue weighted by Crippen LogP contribution is -2.51. The summed E-state index contributed by atoms with van der Waals surface area (Å²) in [6.45, 7) is 6.36. The number of amides is 1. The van der Waals surface area contributed by atoms with Crippen molar-refractivity contribution in [3.8, 4) is 0 Å². The van der Waals surface area contributed by atoms with Crippen LogP contribution in [-0.2, 0) is 9.59 Å². The number of piperidine rings is 1. The van der Waals surface area contributed by atoms with Gasteiger partial charge in [0.2, 0.25) is 5.91 Å². The number of hydrogen-bond donors (Lipinski definition) is 2. The van der Waals surface area contributed by atoms with Crippen molar-refractivity contribution in [3.63, 3.8) is 0 Å². The van der Waals surface area contributed by atoms with E-state index in [1.807, 2.05) is 49.3 Å². The summed E-state index contributed by atoms with van der Waals surface area (Å²) < 4.78 is 0. The zero-order valence-corrected chi connectivity index (χ0v) is 16.6. The number of carboxylic acids is 1. The Morgan fingerprint density at radius 2 is 1.92 bits per heavy atom.